The van der Waals surface area contributed by atoms with Crippen molar-refractivity contribution in [3.05, 3.63) is 41.1 Å². The Morgan fingerprint density at radius 1 is 1.27 bits per heavy atom. The maximum atomic E-state index is 12.8. The summed E-state index contributed by atoms with van der Waals surface area (Å²) in [6, 6.07) is 8.48. The summed E-state index contributed by atoms with van der Waals surface area (Å²) in [6.45, 7) is 5.15. The SMILES string of the molecule is CCC1=C2c3[nH]c4ccccc4c3CCN2C(=O)C(CC)C1. The highest BCUT2D eigenvalue weighted by atomic mass is 16.2. The van der Waals surface area contributed by atoms with Crippen molar-refractivity contribution in [2.24, 2.45) is 5.92 Å². The molecule has 1 unspecified atom stereocenters. The summed E-state index contributed by atoms with van der Waals surface area (Å²) in [6.07, 6.45) is 3.82. The number of nitrogens with one attached hydrogen (secondary N) is 1. The molecular formula is C19H22N2O. The first-order valence-electron chi connectivity index (χ1n) is 8.37. The zero-order valence-corrected chi connectivity index (χ0v) is 13.3. The number of aromatic nitrogens is 1. The van der Waals surface area contributed by atoms with E-state index < -0.39 is 0 Å². The molecule has 3 nitrogen and oxygen atoms in total. The number of hydrogen-bond donors (Lipinski definition) is 1. The van der Waals surface area contributed by atoms with E-state index in [1.807, 2.05) is 4.90 Å². The van der Waals surface area contributed by atoms with Crippen LogP contribution in [0.2, 0.25) is 0 Å². The molecule has 3 heterocycles. The average Bonchev–Trinajstić information content (AvgIpc) is 2.94. The lowest BCUT2D eigenvalue weighted by molar-refractivity contribution is -0.133. The van der Waals surface area contributed by atoms with Gasteiger partial charge in [0.25, 0.3) is 0 Å². The van der Waals surface area contributed by atoms with Gasteiger partial charge < -0.3 is 9.88 Å². The standard InChI is InChI=1S/C19H22N2O/c1-3-12-11-13(4-2)19(22)21-10-9-15-14-7-5-6-8-16(14)20-17(15)18(12)21/h5-8,13,20H,3-4,9-11H2,1-2H3. The van der Waals surface area contributed by atoms with Crippen LogP contribution >= 0.6 is 0 Å². The fourth-order valence-electron chi connectivity index (χ4n) is 4.05. The number of para-hydroxylation sites is 1. The highest BCUT2D eigenvalue weighted by Crippen LogP contribution is 2.42. The summed E-state index contributed by atoms with van der Waals surface area (Å²) in [5.41, 5.74) is 6.36. The Balaban J connectivity index is 1.95. The van der Waals surface area contributed by atoms with Gasteiger partial charge in [0, 0.05) is 23.4 Å². The summed E-state index contributed by atoms with van der Waals surface area (Å²) in [4.78, 5) is 18.4. The molecule has 4 rings (SSSR count). The van der Waals surface area contributed by atoms with Crippen LogP contribution in [0.1, 0.15) is 44.4 Å². The average molecular weight is 294 g/mol. The summed E-state index contributed by atoms with van der Waals surface area (Å²) < 4.78 is 0. The van der Waals surface area contributed by atoms with E-state index in [0.29, 0.717) is 5.91 Å². The molecule has 0 saturated heterocycles. The van der Waals surface area contributed by atoms with Crippen LogP contribution < -0.4 is 0 Å². The lowest BCUT2D eigenvalue weighted by Crippen LogP contribution is -2.42. The van der Waals surface area contributed by atoms with Gasteiger partial charge >= 0.3 is 0 Å². The number of amides is 1. The number of fused-ring (bicyclic) bond motifs is 5. The Bertz CT molecular complexity index is 784. The number of carbonyl (C=O) groups is 1. The highest BCUT2D eigenvalue weighted by molar-refractivity contribution is 5.97. The minimum Gasteiger partial charge on any atom is -0.353 e. The van der Waals surface area contributed by atoms with E-state index in [9.17, 15) is 4.79 Å². The molecule has 22 heavy (non-hydrogen) atoms. The van der Waals surface area contributed by atoms with Crippen LogP contribution in [0.5, 0.6) is 0 Å². The molecule has 0 aliphatic carbocycles. The molecule has 0 bridgehead atoms. The van der Waals surface area contributed by atoms with Crippen LogP contribution in [0.15, 0.2) is 29.8 Å². The monoisotopic (exact) mass is 294 g/mol. The number of hydrogen-bond acceptors (Lipinski definition) is 1. The second kappa shape index (κ2) is 5.01. The fourth-order valence-corrected chi connectivity index (χ4v) is 4.05. The molecule has 2 aromatic rings. The lowest BCUT2D eigenvalue weighted by atomic mass is 9.85. The second-order valence-electron chi connectivity index (χ2n) is 6.38. The van der Waals surface area contributed by atoms with Crippen molar-refractivity contribution in [2.45, 2.75) is 39.5 Å². The van der Waals surface area contributed by atoms with E-state index in [0.717, 1.165) is 32.2 Å². The molecule has 1 atom stereocenters. The number of benzene rings is 1. The summed E-state index contributed by atoms with van der Waals surface area (Å²) in [7, 11) is 0. The maximum absolute atomic E-state index is 12.8. The number of rotatable bonds is 2. The number of allylic oxidation sites excluding steroid dienone is 1. The van der Waals surface area contributed by atoms with Crippen molar-refractivity contribution >= 4 is 22.5 Å². The third-order valence-corrected chi connectivity index (χ3v) is 5.27. The zero-order valence-electron chi connectivity index (χ0n) is 13.3. The first-order chi connectivity index (χ1) is 10.7. The Hall–Kier alpha value is -2.03. The Kier molecular flexibility index (Phi) is 3.10. The molecule has 3 heteroatoms. The predicted molar refractivity (Wildman–Crippen MR) is 89.3 cm³/mol. The van der Waals surface area contributed by atoms with E-state index in [-0.39, 0.29) is 5.92 Å². The van der Waals surface area contributed by atoms with Gasteiger partial charge in [-0.15, -0.1) is 0 Å². The van der Waals surface area contributed by atoms with Crippen LogP contribution in [-0.2, 0) is 11.2 Å². The molecule has 1 amide bonds. The van der Waals surface area contributed by atoms with E-state index in [2.05, 4.69) is 43.1 Å². The van der Waals surface area contributed by atoms with E-state index in [4.69, 9.17) is 0 Å². The van der Waals surface area contributed by atoms with Gasteiger partial charge in [-0.1, -0.05) is 32.0 Å². The molecule has 2 aliphatic heterocycles. The third-order valence-electron chi connectivity index (χ3n) is 5.27. The van der Waals surface area contributed by atoms with Gasteiger partial charge in [0.15, 0.2) is 0 Å². The van der Waals surface area contributed by atoms with Gasteiger partial charge in [0.05, 0.1) is 11.4 Å². The van der Waals surface area contributed by atoms with Crippen LogP contribution in [-0.4, -0.2) is 22.3 Å². The fraction of sp³-hybridized carbons (Fsp3) is 0.421. The van der Waals surface area contributed by atoms with Crippen molar-refractivity contribution in [1.29, 1.82) is 0 Å². The third kappa shape index (κ3) is 1.78. The van der Waals surface area contributed by atoms with Crippen molar-refractivity contribution in [1.82, 2.24) is 9.88 Å². The maximum Gasteiger partial charge on any atom is 0.230 e. The molecule has 1 aromatic carbocycles. The van der Waals surface area contributed by atoms with Crippen LogP contribution in [0.3, 0.4) is 0 Å². The number of nitrogens with zero attached hydrogens (tertiary/aromatic N) is 1. The molecule has 1 aromatic heterocycles. The molecule has 1 N–H and O–H groups in total. The molecule has 0 fully saturated rings. The zero-order chi connectivity index (χ0) is 15.3. The Labute approximate surface area is 131 Å². The van der Waals surface area contributed by atoms with Crippen molar-refractivity contribution in [3.8, 4) is 0 Å². The van der Waals surface area contributed by atoms with E-state index >= 15 is 0 Å². The number of aromatic amines is 1. The van der Waals surface area contributed by atoms with Gasteiger partial charge in [-0.25, -0.2) is 0 Å². The largest absolute Gasteiger partial charge is 0.353 e. The van der Waals surface area contributed by atoms with Gasteiger partial charge in [0.2, 0.25) is 5.91 Å². The lowest BCUT2D eigenvalue weighted by Gasteiger charge is -2.38. The summed E-state index contributed by atoms with van der Waals surface area (Å²) >= 11 is 0. The predicted octanol–water partition coefficient (Wildman–Crippen LogP) is 4.10. The molecule has 0 saturated carbocycles. The molecular weight excluding hydrogens is 272 g/mol. The Morgan fingerprint density at radius 2 is 2.09 bits per heavy atom. The van der Waals surface area contributed by atoms with Gasteiger partial charge in [-0.3, -0.25) is 4.79 Å². The van der Waals surface area contributed by atoms with Gasteiger partial charge in [0.1, 0.15) is 0 Å². The van der Waals surface area contributed by atoms with E-state index in [1.165, 1.54) is 33.4 Å². The normalized spacial score (nSPS) is 21.3. The van der Waals surface area contributed by atoms with Crippen molar-refractivity contribution in [3.63, 3.8) is 0 Å². The molecule has 114 valence electrons. The van der Waals surface area contributed by atoms with Crippen LogP contribution in [0, 0.1) is 5.92 Å². The van der Waals surface area contributed by atoms with Gasteiger partial charge in [-0.05, 0) is 42.9 Å². The van der Waals surface area contributed by atoms with Crippen LogP contribution in [0.4, 0.5) is 0 Å². The Morgan fingerprint density at radius 3 is 2.86 bits per heavy atom. The smallest absolute Gasteiger partial charge is 0.230 e. The molecule has 0 spiro atoms. The van der Waals surface area contributed by atoms with Crippen LogP contribution in [0.25, 0.3) is 16.6 Å². The first-order valence-corrected chi connectivity index (χ1v) is 8.37. The number of carbonyl (C=O) groups excluding carboxylic acids is 1. The topological polar surface area (TPSA) is 36.1 Å². The minimum atomic E-state index is 0.171. The molecule has 2 aliphatic rings. The number of H-pyrrole nitrogens is 1. The summed E-state index contributed by atoms with van der Waals surface area (Å²) in [5, 5.41) is 1.31. The first kappa shape index (κ1) is 13.6. The second-order valence-corrected chi connectivity index (χ2v) is 6.38. The van der Waals surface area contributed by atoms with E-state index in [1.54, 1.807) is 0 Å². The molecule has 0 radical (unpaired) electrons. The van der Waals surface area contributed by atoms with Gasteiger partial charge in [-0.2, -0.15) is 0 Å². The van der Waals surface area contributed by atoms with Crippen molar-refractivity contribution in [2.75, 3.05) is 6.54 Å². The minimum absolute atomic E-state index is 0.171. The highest BCUT2D eigenvalue weighted by Gasteiger charge is 2.37. The van der Waals surface area contributed by atoms with Crippen molar-refractivity contribution < 1.29 is 4.79 Å². The summed E-state index contributed by atoms with van der Waals surface area (Å²) in [5.74, 6) is 0.489. The quantitative estimate of drug-likeness (QED) is 0.889.